The van der Waals surface area contributed by atoms with Crippen LogP contribution in [0, 0.1) is 5.82 Å². The largest absolute Gasteiger partial charge is 0.489 e. The first-order valence-electron chi connectivity index (χ1n) is 9.06. The molecule has 2 aromatic rings. The lowest BCUT2D eigenvalue weighted by Gasteiger charge is -2.23. The van der Waals surface area contributed by atoms with Gasteiger partial charge in [-0.1, -0.05) is 18.2 Å². The van der Waals surface area contributed by atoms with Gasteiger partial charge in [0.05, 0.1) is 17.9 Å². The standard InChI is InChI=1S/C20H22FN3O4.CH5N/c1-13(22)18(19(27)24-20(2,11-25)12-26)17-9-15(7-8-23-17)28-10-14-5-3-4-6-16(14)21;1-2/h3-9,11,26H,10,12,22H2,1-2H3,(H,24,27);2H2,1H3/b18-13+;. The minimum Gasteiger partial charge on any atom is -0.489 e. The van der Waals surface area contributed by atoms with Gasteiger partial charge in [-0.15, -0.1) is 0 Å². The fourth-order valence-electron chi connectivity index (χ4n) is 2.34. The summed E-state index contributed by atoms with van der Waals surface area (Å²) < 4.78 is 19.3. The summed E-state index contributed by atoms with van der Waals surface area (Å²) in [5, 5.41) is 11.7. The number of amides is 1. The van der Waals surface area contributed by atoms with Crippen molar-refractivity contribution in [1.82, 2.24) is 10.3 Å². The predicted molar refractivity (Wildman–Crippen MR) is 112 cm³/mol. The van der Waals surface area contributed by atoms with Gasteiger partial charge in [0.25, 0.3) is 5.91 Å². The van der Waals surface area contributed by atoms with Crippen LogP contribution in [-0.4, -0.2) is 41.5 Å². The van der Waals surface area contributed by atoms with Gasteiger partial charge in [-0.3, -0.25) is 9.78 Å². The number of nitrogens with one attached hydrogen (secondary N) is 1. The summed E-state index contributed by atoms with van der Waals surface area (Å²) in [7, 11) is 1.50. The lowest BCUT2D eigenvalue weighted by atomic mass is 10.0. The molecule has 162 valence electrons. The molecule has 1 aromatic heterocycles. The molecular formula is C21H27FN4O4. The lowest BCUT2D eigenvalue weighted by Crippen LogP contribution is -2.50. The van der Waals surface area contributed by atoms with E-state index in [1.807, 2.05) is 0 Å². The number of aliphatic hydroxyl groups is 1. The maximum Gasteiger partial charge on any atom is 0.256 e. The number of hydrogen-bond donors (Lipinski definition) is 4. The molecule has 2 rings (SSSR count). The van der Waals surface area contributed by atoms with Crippen LogP contribution < -0.4 is 21.5 Å². The Hall–Kier alpha value is -3.30. The second kappa shape index (κ2) is 11.6. The fraction of sp³-hybridized carbons (Fsp3) is 0.286. The number of aliphatic hydroxyl groups excluding tert-OH is 1. The molecule has 1 heterocycles. The zero-order chi connectivity index (χ0) is 22.7. The van der Waals surface area contributed by atoms with Crippen molar-refractivity contribution < 1.29 is 23.8 Å². The first-order chi connectivity index (χ1) is 14.3. The van der Waals surface area contributed by atoms with E-state index in [0.717, 1.165) is 0 Å². The monoisotopic (exact) mass is 418 g/mol. The van der Waals surface area contributed by atoms with Crippen molar-refractivity contribution in [2.24, 2.45) is 11.5 Å². The Morgan fingerprint density at radius 1 is 1.33 bits per heavy atom. The van der Waals surface area contributed by atoms with E-state index in [-0.39, 0.29) is 29.4 Å². The molecule has 0 spiro atoms. The summed E-state index contributed by atoms with van der Waals surface area (Å²) in [4.78, 5) is 27.9. The minimum atomic E-state index is -1.45. The summed E-state index contributed by atoms with van der Waals surface area (Å²) in [6, 6.07) is 9.29. The van der Waals surface area contributed by atoms with Crippen molar-refractivity contribution in [2.75, 3.05) is 13.7 Å². The second-order valence-corrected chi connectivity index (χ2v) is 6.46. The van der Waals surface area contributed by atoms with Crippen molar-refractivity contribution >= 4 is 17.8 Å². The number of benzene rings is 1. The summed E-state index contributed by atoms with van der Waals surface area (Å²) in [5.74, 6) is -0.686. The third-order valence-corrected chi connectivity index (χ3v) is 3.95. The molecule has 0 bridgehead atoms. The number of carbonyl (C=O) groups excluding carboxylic acids is 2. The molecule has 0 radical (unpaired) electrons. The molecule has 0 aliphatic carbocycles. The van der Waals surface area contributed by atoms with Gasteiger partial charge in [0.15, 0.2) is 0 Å². The molecule has 0 fully saturated rings. The first kappa shape index (κ1) is 24.7. The second-order valence-electron chi connectivity index (χ2n) is 6.46. The fourth-order valence-corrected chi connectivity index (χ4v) is 2.34. The number of ether oxygens (including phenoxy) is 1. The SMILES string of the molecule is C/C(N)=C(\C(=O)NC(C)(C=O)CO)c1cc(OCc2ccccc2F)ccn1.CN. The van der Waals surface area contributed by atoms with E-state index in [0.29, 0.717) is 17.6 Å². The molecular weight excluding hydrogens is 391 g/mol. The van der Waals surface area contributed by atoms with Crippen LogP contribution in [0.15, 0.2) is 48.3 Å². The van der Waals surface area contributed by atoms with E-state index in [9.17, 15) is 19.1 Å². The van der Waals surface area contributed by atoms with Crippen LogP contribution in [0.25, 0.3) is 5.57 Å². The highest BCUT2D eigenvalue weighted by Crippen LogP contribution is 2.21. The summed E-state index contributed by atoms with van der Waals surface area (Å²) in [5.41, 5.74) is 9.71. The number of halogens is 1. The van der Waals surface area contributed by atoms with Crippen LogP contribution in [0.3, 0.4) is 0 Å². The average molecular weight is 418 g/mol. The quantitative estimate of drug-likeness (QED) is 0.372. The Bertz CT molecular complexity index is 900. The zero-order valence-corrected chi connectivity index (χ0v) is 17.2. The van der Waals surface area contributed by atoms with E-state index in [4.69, 9.17) is 10.5 Å². The van der Waals surface area contributed by atoms with E-state index >= 15 is 0 Å². The van der Waals surface area contributed by atoms with Crippen LogP contribution in [0.2, 0.25) is 0 Å². The first-order valence-corrected chi connectivity index (χ1v) is 9.06. The molecule has 1 unspecified atom stereocenters. The number of nitrogens with two attached hydrogens (primary N) is 2. The van der Waals surface area contributed by atoms with Gasteiger partial charge in [-0.2, -0.15) is 0 Å². The zero-order valence-electron chi connectivity index (χ0n) is 17.2. The topological polar surface area (TPSA) is 141 Å². The Labute approximate surface area is 174 Å². The lowest BCUT2D eigenvalue weighted by molar-refractivity contribution is -0.123. The maximum atomic E-state index is 13.7. The summed E-state index contributed by atoms with van der Waals surface area (Å²) in [6.07, 6.45) is 1.86. The number of aromatic nitrogens is 1. The Balaban J connectivity index is 0.00000218. The number of pyridine rings is 1. The van der Waals surface area contributed by atoms with E-state index < -0.39 is 18.1 Å². The van der Waals surface area contributed by atoms with Crippen LogP contribution in [0.5, 0.6) is 5.75 Å². The van der Waals surface area contributed by atoms with Gasteiger partial charge >= 0.3 is 0 Å². The van der Waals surface area contributed by atoms with Crippen molar-refractivity contribution in [2.45, 2.75) is 26.0 Å². The van der Waals surface area contributed by atoms with Gasteiger partial charge in [0, 0.05) is 23.5 Å². The molecule has 0 aliphatic heterocycles. The van der Waals surface area contributed by atoms with Crippen molar-refractivity contribution in [3.05, 3.63) is 65.4 Å². The third kappa shape index (κ3) is 6.64. The van der Waals surface area contributed by atoms with E-state index in [1.54, 1.807) is 24.3 Å². The number of carbonyl (C=O) groups is 2. The molecule has 0 saturated heterocycles. The molecule has 0 aliphatic rings. The molecule has 1 aromatic carbocycles. The van der Waals surface area contributed by atoms with Crippen molar-refractivity contribution in [3.8, 4) is 5.75 Å². The highest BCUT2D eigenvalue weighted by atomic mass is 19.1. The maximum absolute atomic E-state index is 13.7. The highest BCUT2D eigenvalue weighted by Gasteiger charge is 2.28. The van der Waals surface area contributed by atoms with E-state index in [2.05, 4.69) is 16.0 Å². The number of hydrogen-bond acceptors (Lipinski definition) is 7. The number of rotatable bonds is 8. The van der Waals surface area contributed by atoms with Gasteiger partial charge in [0.1, 0.15) is 30.0 Å². The van der Waals surface area contributed by atoms with Crippen LogP contribution in [0.4, 0.5) is 4.39 Å². The number of aldehydes is 1. The molecule has 9 heteroatoms. The Kier molecular flexibility index (Phi) is 9.60. The highest BCUT2D eigenvalue weighted by molar-refractivity contribution is 6.20. The van der Waals surface area contributed by atoms with Gasteiger partial charge in [-0.05, 0) is 33.0 Å². The predicted octanol–water partition coefficient (Wildman–Crippen LogP) is 1.13. The number of allylic oxidation sites excluding steroid dienone is 1. The van der Waals surface area contributed by atoms with Gasteiger partial charge < -0.3 is 31.4 Å². The molecule has 30 heavy (non-hydrogen) atoms. The van der Waals surface area contributed by atoms with Gasteiger partial charge in [0.2, 0.25) is 0 Å². The normalized spacial score (nSPS) is 13.1. The molecule has 1 amide bonds. The van der Waals surface area contributed by atoms with Gasteiger partial charge in [-0.25, -0.2) is 4.39 Å². The summed E-state index contributed by atoms with van der Waals surface area (Å²) in [6.45, 7) is 2.32. The number of nitrogens with zero attached hydrogens (tertiary/aromatic N) is 1. The Morgan fingerprint density at radius 2 is 2.00 bits per heavy atom. The van der Waals surface area contributed by atoms with Crippen LogP contribution in [-0.2, 0) is 16.2 Å². The third-order valence-electron chi connectivity index (χ3n) is 3.95. The van der Waals surface area contributed by atoms with Crippen LogP contribution >= 0.6 is 0 Å². The Morgan fingerprint density at radius 3 is 2.57 bits per heavy atom. The molecule has 8 nitrogen and oxygen atoms in total. The minimum absolute atomic E-state index is 0.00327. The molecule has 1 atom stereocenters. The van der Waals surface area contributed by atoms with E-state index in [1.165, 1.54) is 39.2 Å². The van der Waals surface area contributed by atoms with Crippen molar-refractivity contribution in [3.63, 3.8) is 0 Å². The molecule has 6 N–H and O–H groups in total. The average Bonchev–Trinajstić information content (AvgIpc) is 2.74. The summed E-state index contributed by atoms with van der Waals surface area (Å²) >= 11 is 0. The van der Waals surface area contributed by atoms with Crippen LogP contribution in [0.1, 0.15) is 25.1 Å². The van der Waals surface area contributed by atoms with Crippen molar-refractivity contribution in [1.29, 1.82) is 0 Å². The smallest absolute Gasteiger partial charge is 0.256 e. The molecule has 0 saturated carbocycles.